The van der Waals surface area contributed by atoms with Crippen LogP contribution in [0.2, 0.25) is 0 Å². The van der Waals surface area contributed by atoms with E-state index in [2.05, 4.69) is 20.8 Å². The average molecular weight is 473 g/mol. The smallest absolute Gasteiger partial charge is 0.254 e. The lowest BCUT2D eigenvalue weighted by Crippen LogP contribution is -2.33. The number of anilines is 1. The van der Waals surface area contributed by atoms with Crippen molar-refractivity contribution in [3.05, 3.63) is 90.3 Å². The fraction of sp³-hybridized carbons (Fsp3) is 0.154. The number of ether oxygens (including phenoxy) is 2. The second kappa shape index (κ2) is 11.5. The van der Waals surface area contributed by atoms with Gasteiger partial charge in [-0.25, -0.2) is 0 Å². The molecule has 0 radical (unpaired) electrons. The van der Waals surface area contributed by atoms with Crippen molar-refractivity contribution >= 4 is 17.5 Å². The molecule has 0 unspecified atom stereocenters. The molecule has 35 heavy (non-hydrogen) atoms. The minimum atomic E-state index is -0.322. The van der Waals surface area contributed by atoms with Gasteiger partial charge in [0.2, 0.25) is 17.7 Å². The first-order chi connectivity index (χ1) is 17.1. The molecule has 178 valence electrons. The number of carbonyl (C=O) groups excluding carboxylic acids is 2. The molecule has 0 aliphatic carbocycles. The molecule has 0 saturated carbocycles. The third-order valence-electron chi connectivity index (χ3n) is 4.96. The fourth-order valence-corrected chi connectivity index (χ4v) is 3.17. The molecule has 2 amide bonds. The molecule has 0 fully saturated rings. The predicted octanol–water partition coefficient (Wildman–Crippen LogP) is 3.62. The van der Waals surface area contributed by atoms with Crippen molar-refractivity contribution in [3.63, 3.8) is 0 Å². The Morgan fingerprint density at radius 2 is 1.57 bits per heavy atom. The number of nitrogens with one attached hydrogen (secondary N) is 2. The maximum absolute atomic E-state index is 12.1. The Balaban J connectivity index is 1.21. The van der Waals surface area contributed by atoms with Gasteiger partial charge < -0.3 is 24.5 Å². The van der Waals surface area contributed by atoms with E-state index in [1.807, 2.05) is 54.6 Å². The van der Waals surface area contributed by atoms with Gasteiger partial charge in [-0.1, -0.05) is 30.3 Å². The van der Waals surface area contributed by atoms with Gasteiger partial charge in [0, 0.05) is 11.3 Å². The Labute approximate surface area is 202 Å². The number of amides is 2. The molecule has 4 rings (SSSR count). The summed E-state index contributed by atoms with van der Waals surface area (Å²) in [6.45, 7) is -0.0140. The molecule has 0 saturated heterocycles. The van der Waals surface area contributed by atoms with Crippen LogP contribution in [-0.2, 0) is 22.6 Å². The van der Waals surface area contributed by atoms with Crippen molar-refractivity contribution in [1.29, 1.82) is 0 Å². The summed E-state index contributed by atoms with van der Waals surface area (Å²) >= 11 is 0. The minimum Gasteiger partial charge on any atom is -0.497 e. The predicted molar refractivity (Wildman–Crippen MR) is 129 cm³/mol. The van der Waals surface area contributed by atoms with E-state index in [1.54, 1.807) is 31.4 Å². The Bertz CT molecular complexity index is 1260. The lowest BCUT2D eigenvalue weighted by molar-refractivity contribution is -0.123. The van der Waals surface area contributed by atoms with E-state index in [0.717, 1.165) is 16.9 Å². The monoisotopic (exact) mass is 472 g/mol. The van der Waals surface area contributed by atoms with Gasteiger partial charge in [0.05, 0.1) is 20.1 Å². The van der Waals surface area contributed by atoms with E-state index < -0.39 is 0 Å². The van der Waals surface area contributed by atoms with Crippen LogP contribution in [0.25, 0.3) is 11.5 Å². The van der Waals surface area contributed by atoms with Gasteiger partial charge in [-0.2, -0.15) is 0 Å². The highest BCUT2D eigenvalue weighted by Crippen LogP contribution is 2.22. The molecule has 0 spiro atoms. The van der Waals surface area contributed by atoms with E-state index in [4.69, 9.17) is 13.9 Å². The molecule has 0 atom stereocenters. The second-order valence-electron chi connectivity index (χ2n) is 7.53. The highest BCUT2D eigenvalue weighted by Gasteiger charge is 2.10. The summed E-state index contributed by atoms with van der Waals surface area (Å²) in [4.78, 5) is 24.1. The summed E-state index contributed by atoms with van der Waals surface area (Å²) in [6.07, 6.45) is 0.224. The zero-order valence-electron chi connectivity index (χ0n) is 19.1. The van der Waals surface area contributed by atoms with Crippen molar-refractivity contribution in [2.45, 2.75) is 13.0 Å². The summed E-state index contributed by atoms with van der Waals surface area (Å²) in [5.74, 6) is 1.50. The maximum Gasteiger partial charge on any atom is 0.254 e. The van der Waals surface area contributed by atoms with E-state index in [0.29, 0.717) is 23.2 Å². The van der Waals surface area contributed by atoms with Gasteiger partial charge in [-0.05, 0) is 54.1 Å². The van der Waals surface area contributed by atoms with Crippen molar-refractivity contribution in [2.75, 3.05) is 19.0 Å². The molecule has 4 aromatic rings. The number of aromatic nitrogens is 2. The highest BCUT2D eigenvalue weighted by molar-refractivity contribution is 5.94. The van der Waals surface area contributed by atoms with Gasteiger partial charge >= 0.3 is 0 Å². The standard InChI is InChI=1S/C26H24N4O5/c1-33-21-11-7-19(8-12-21)26-30-29-25(35-26)17-34-22-13-9-20(10-14-22)28-24(32)16-27-23(31)15-18-5-3-2-4-6-18/h2-14H,15-17H2,1H3,(H,27,31)(H,28,32). The van der Waals surface area contributed by atoms with Crippen LogP contribution in [0, 0.1) is 0 Å². The van der Waals surface area contributed by atoms with E-state index in [1.165, 1.54) is 0 Å². The van der Waals surface area contributed by atoms with Crippen LogP contribution in [0.4, 0.5) is 5.69 Å². The second-order valence-corrected chi connectivity index (χ2v) is 7.53. The average Bonchev–Trinajstić information content (AvgIpc) is 3.37. The van der Waals surface area contributed by atoms with Crippen molar-refractivity contribution in [1.82, 2.24) is 15.5 Å². The SMILES string of the molecule is COc1ccc(-c2nnc(COc3ccc(NC(=O)CNC(=O)Cc4ccccc4)cc3)o2)cc1. The molecule has 3 aromatic carbocycles. The van der Waals surface area contributed by atoms with Crippen LogP contribution in [0.1, 0.15) is 11.5 Å². The number of hydrogen-bond donors (Lipinski definition) is 2. The highest BCUT2D eigenvalue weighted by atomic mass is 16.5. The molecule has 9 nitrogen and oxygen atoms in total. The van der Waals surface area contributed by atoms with E-state index in [9.17, 15) is 9.59 Å². The summed E-state index contributed by atoms with van der Waals surface area (Å²) in [6, 6.07) is 23.5. The molecule has 9 heteroatoms. The van der Waals surface area contributed by atoms with Gasteiger partial charge in [0.1, 0.15) is 11.5 Å². The van der Waals surface area contributed by atoms with Crippen molar-refractivity contribution in [2.24, 2.45) is 0 Å². The summed E-state index contributed by atoms with van der Waals surface area (Å²) in [5.41, 5.74) is 2.25. The number of carbonyl (C=O) groups is 2. The maximum atomic E-state index is 12.1. The first-order valence-corrected chi connectivity index (χ1v) is 10.9. The number of benzene rings is 3. The number of hydrogen-bond acceptors (Lipinski definition) is 7. The molecule has 0 bridgehead atoms. The Kier molecular flexibility index (Phi) is 7.70. The fourth-order valence-electron chi connectivity index (χ4n) is 3.17. The first kappa shape index (κ1) is 23.5. The lowest BCUT2D eigenvalue weighted by atomic mass is 10.1. The Hall–Kier alpha value is -4.66. The molecule has 0 aliphatic rings. The molecular weight excluding hydrogens is 448 g/mol. The quantitative estimate of drug-likeness (QED) is 0.362. The van der Waals surface area contributed by atoms with Crippen LogP contribution in [0.15, 0.2) is 83.3 Å². The Morgan fingerprint density at radius 3 is 2.29 bits per heavy atom. The van der Waals surface area contributed by atoms with Crippen LogP contribution in [0.3, 0.4) is 0 Å². The topological polar surface area (TPSA) is 116 Å². The van der Waals surface area contributed by atoms with Gasteiger partial charge in [-0.15, -0.1) is 10.2 Å². The van der Waals surface area contributed by atoms with E-state index in [-0.39, 0.29) is 31.4 Å². The normalized spacial score (nSPS) is 10.4. The third kappa shape index (κ3) is 6.91. The zero-order chi connectivity index (χ0) is 24.5. The van der Waals surface area contributed by atoms with Crippen molar-refractivity contribution in [3.8, 4) is 23.0 Å². The number of nitrogens with zero attached hydrogens (tertiary/aromatic N) is 2. The molecular formula is C26H24N4O5. The Morgan fingerprint density at radius 1 is 0.857 bits per heavy atom. The summed E-state index contributed by atoms with van der Waals surface area (Å²) in [5, 5.41) is 13.4. The largest absolute Gasteiger partial charge is 0.497 e. The van der Waals surface area contributed by atoms with Crippen molar-refractivity contribution < 1.29 is 23.5 Å². The lowest BCUT2D eigenvalue weighted by Gasteiger charge is -2.08. The molecule has 0 aliphatic heterocycles. The first-order valence-electron chi connectivity index (χ1n) is 10.9. The van der Waals surface area contributed by atoms with Crippen LogP contribution < -0.4 is 20.1 Å². The van der Waals surface area contributed by atoms with Crippen LogP contribution >= 0.6 is 0 Å². The zero-order valence-corrected chi connectivity index (χ0v) is 19.1. The third-order valence-corrected chi connectivity index (χ3v) is 4.96. The summed E-state index contributed by atoms with van der Waals surface area (Å²) < 4.78 is 16.5. The van der Waals surface area contributed by atoms with E-state index >= 15 is 0 Å². The summed E-state index contributed by atoms with van der Waals surface area (Å²) in [7, 11) is 1.60. The van der Waals surface area contributed by atoms with Crippen LogP contribution in [0.5, 0.6) is 11.5 Å². The molecule has 1 heterocycles. The number of methoxy groups -OCH3 is 1. The van der Waals surface area contributed by atoms with Gasteiger partial charge in [0.15, 0.2) is 6.61 Å². The van der Waals surface area contributed by atoms with Gasteiger partial charge in [-0.3, -0.25) is 9.59 Å². The van der Waals surface area contributed by atoms with Crippen LogP contribution in [-0.4, -0.2) is 35.7 Å². The number of rotatable bonds is 10. The molecule has 2 N–H and O–H groups in total. The molecule has 1 aromatic heterocycles. The minimum absolute atomic E-state index is 0.0995. The van der Waals surface area contributed by atoms with Gasteiger partial charge in [0.25, 0.3) is 5.89 Å².